The molecule has 0 amide bonds. The van der Waals surface area contributed by atoms with Crippen LogP contribution >= 0.6 is 0 Å². The zero-order valence-electron chi connectivity index (χ0n) is 17.6. The Hall–Kier alpha value is -3.56. The standard InChI is InChI=1S/C20H25N3O7/c1-11(2)9-29-14-7-6-12(8-15(14)28-5)19(26)30-10-13(24)16-17(21)22(3)20(27)23(4)18(16)25/h6-8,11H,9-10,21H2,1-5H3. The van der Waals surface area contributed by atoms with Crippen LogP contribution in [0.5, 0.6) is 11.5 Å². The van der Waals surface area contributed by atoms with Crippen LogP contribution in [-0.2, 0) is 18.8 Å². The number of carbonyl (C=O) groups excluding carboxylic acids is 2. The van der Waals surface area contributed by atoms with Gasteiger partial charge in [-0.2, -0.15) is 0 Å². The summed E-state index contributed by atoms with van der Waals surface area (Å²) in [6.45, 7) is 3.76. The van der Waals surface area contributed by atoms with Crippen molar-refractivity contribution in [1.29, 1.82) is 0 Å². The van der Waals surface area contributed by atoms with Gasteiger partial charge in [0.1, 0.15) is 11.4 Å². The van der Waals surface area contributed by atoms with Gasteiger partial charge in [-0.05, 0) is 24.1 Å². The van der Waals surface area contributed by atoms with Crippen molar-refractivity contribution in [3.63, 3.8) is 0 Å². The van der Waals surface area contributed by atoms with Gasteiger partial charge in [-0.3, -0.25) is 18.7 Å². The summed E-state index contributed by atoms with van der Waals surface area (Å²) in [5, 5.41) is 0. The van der Waals surface area contributed by atoms with E-state index in [9.17, 15) is 19.2 Å². The number of carbonyl (C=O) groups is 2. The third kappa shape index (κ3) is 4.70. The van der Waals surface area contributed by atoms with Gasteiger partial charge in [0.2, 0.25) is 5.78 Å². The molecule has 2 aromatic rings. The van der Waals surface area contributed by atoms with Gasteiger partial charge in [0.15, 0.2) is 18.1 Å². The number of anilines is 1. The summed E-state index contributed by atoms with van der Waals surface area (Å²) in [5.74, 6) is -0.786. The van der Waals surface area contributed by atoms with E-state index in [0.29, 0.717) is 24.0 Å². The number of ketones is 1. The molecule has 162 valence electrons. The number of aromatic nitrogens is 2. The Morgan fingerprint density at radius 3 is 2.37 bits per heavy atom. The number of nitrogens with zero attached hydrogens (tertiary/aromatic N) is 2. The van der Waals surface area contributed by atoms with Gasteiger partial charge in [0.05, 0.1) is 19.3 Å². The molecular formula is C20H25N3O7. The summed E-state index contributed by atoms with van der Waals surface area (Å²) < 4.78 is 17.6. The molecule has 0 saturated heterocycles. The van der Waals surface area contributed by atoms with E-state index in [1.807, 2.05) is 13.8 Å². The quantitative estimate of drug-likeness (QED) is 0.490. The van der Waals surface area contributed by atoms with Gasteiger partial charge >= 0.3 is 11.7 Å². The number of esters is 1. The topological polar surface area (TPSA) is 132 Å². The Labute approximate surface area is 172 Å². The van der Waals surface area contributed by atoms with E-state index < -0.39 is 35.2 Å². The van der Waals surface area contributed by atoms with Gasteiger partial charge in [-0.25, -0.2) is 9.59 Å². The lowest BCUT2D eigenvalue weighted by Gasteiger charge is -2.13. The molecule has 10 nitrogen and oxygen atoms in total. The van der Waals surface area contributed by atoms with Crippen molar-refractivity contribution in [3.8, 4) is 11.5 Å². The molecule has 0 atom stereocenters. The van der Waals surface area contributed by atoms with Crippen molar-refractivity contribution in [2.45, 2.75) is 13.8 Å². The van der Waals surface area contributed by atoms with Crippen molar-refractivity contribution < 1.29 is 23.8 Å². The molecule has 0 aliphatic carbocycles. The molecule has 0 aliphatic rings. The Kier molecular flexibility index (Phi) is 7.04. The van der Waals surface area contributed by atoms with Crippen LogP contribution in [0.25, 0.3) is 0 Å². The van der Waals surface area contributed by atoms with Crippen molar-refractivity contribution in [2.24, 2.45) is 20.0 Å². The molecule has 0 fully saturated rings. The van der Waals surface area contributed by atoms with Crippen LogP contribution in [0, 0.1) is 5.92 Å². The van der Waals surface area contributed by atoms with E-state index in [1.54, 1.807) is 6.07 Å². The molecule has 30 heavy (non-hydrogen) atoms. The molecule has 0 aliphatic heterocycles. The van der Waals surface area contributed by atoms with Crippen molar-refractivity contribution in [3.05, 3.63) is 50.2 Å². The van der Waals surface area contributed by atoms with Gasteiger partial charge in [0, 0.05) is 14.1 Å². The second-order valence-corrected chi connectivity index (χ2v) is 7.04. The summed E-state index contributed by atoms with van der Waals surface area (Å²) >= 11 is 0. The van der Waals surface area contributed by atoms with Crippen molar-refractivity contribution in [2.75, 3.05) is 26.1 Å². The Morgan fingerprint density at radius 1 is 1.10 bits per heavy atom. The lowest BCUT2D eigenvalue weighted by Crippen LogP contribution is -2.42. The summed E-state index contributed by atoms with van der Waals surface area (Å²) in [6, 6.07) is 4.48. The van der Waals surface area contributed by atoms with E-state index in [1.165, 1.54) is 33.3 Å². The number of rotatable bonds is 8. The first-order chi connectivity index (χ1) is 14.1. The SMILES string of the molecule is COc1cc(C(=O)OCC(=O)c2c(N)n(C)c(=O)n(C)c2=O)ccc1OCC(C)C. The molecule has 0 unspecified atom stereocenters. The predicted octanol–water partition coefficient (Wildman–Crippen LogP) is 0.749. The normalized spacial score (nSPS) is 10.7. The largest absolute Gasteiger partial charge is 0.493 e. The van der Waals surface area contributed by atoms with Crippen LogP contribution in [0.4, 0.5) is 5.82 Å². The van der Waals surface area contributed by atoms with Crippen molar-refractivity contribution in [1.82, 2.24) is 9.13 Å². The lowest BCUT2D eigenvalue weighted by atomic mass is 10.2. The van der Waals surface area contributed by atoms with Crippen LogP contribution in [0.2, 0.25) is 0 Å². The van der Waals surface area contributed by atoms with E-state index in [2.05, 4.69) is 0 Å². The highest BCUT2D eigenvalue weighted by molar-refractivity contribution is 6.02. The zero-order valence-corrected chi connectivity index (χ0v) is 17.6. The molecule has 1 aromatic carbocycles. The molecule has 0 saturated carbocycles. The first-order valence-electron chi connectivity index (χ1n) is 9.15. The van der Waals surface area contributed by atoms with E-state index >= 15 is 0 Å². The van der Waals surface area contributed by atoms with Crippen LogP contribution in [0.3, 0.4) is 0 Å². The minimum absolute atomic E-state index is 0.137. The van der Waals surface area contributed by atoms with Crippen LogP contribution in [-0.4, -0.2) is 41.2 Å². The fraction of sp³-hybridized carbons (Fsp3) is 0.400. The van der Waals surface area contributed by atoms with Gasteiger partial charge in [0.25, 0.3) is 5.56 Å². The molecule has 10 heteroatoms. The van der Waals surface area contributed by atoms with E-state index in [4.69, 9.17) is 19.9 Å². The molecular weight excluding hydrogens is 394 g/mol. The molecule has 0 radical (unpaired) electrons. The summed E-state index contributed by atoms with van der Waals surface area (Å²) in [7, 11) is 3.99. The number of hydrogen-bond acceptors (Lipinski definition) is 8. The maximum atomic E-state index is 12.4. The average Bonchev–Trinajstić information content (AvgIpc) is 2.73. The monoisotopic (exact) mass is 419 g/mol. The van der Waals surface area contributed by atoms with E-state index in [-0.39, 0.29) is 11.4 Å². The number of Topliss-reactive ketones (excluding diaryl/α,β-unsaturated/α-hetero) is 1. The molecule has 0 spiro atoms. The minimum Gasteiger partial charge on any atom is -0.493 e. The number of ether oxygens (including phenoxy) is 3. The fourth-order valence-electron chi connectivity index (χ4n) is 2.58. The number of benzene rings is 1. The van der Waals surface area contributed by atoms with Crippen LogP contribution in [0.1, 0.15) is 34.6 Å². The zero-order chi connectivity index (χ0) is 22.6. The predicted molar refractivity (Wildman–Crippen MR) is 109 cm³/mol. The smallest absolute Gasteiger partial charge is 0.338 e. The Balaban J connectivity index is 2.17. The second kappa shape index (κ2) is 9.29. The van der Waals surface area contributed by atoms with Gasteiger partial charge < -0.3 is 19.9 Å². The summed E-state index contributed by atoms with van der Waals surface area (Å²) in [6.07, 6.45) is 0. The van der Waals surface area contributed by atoms with Crippen molar-refractivity contribution >= 4 is 17.6 Å². The highest BCUT2D eigenvalue weighted by Crippen LogP contribution is 2.28. The lowest BCUT2D eigenvalue weighted by molar-refractivity contribution is 0.0473. The highest BCUT2D eigenvalue weighted by Gasteiger charge is 2.22. The average molecular weight is 419 g/mol. The van der Waals surface area contributed by atoms with Gasteiger partial charge in [-0.1, -0.05) is 13.8 Å². The number of nitrogens with two attached hydrogens (primary N) is 1. The number of methoxy groups -OCH3 is 1. The second-order valence-electron chi connectivity index (χ2n) is 7.04. The molecule has 0 bridgehead atoms. The maximum absolute atomic E-state index is 12.4. The molecule has 2 N–H and O–H groups in total. The van der Waals surface area contributed by atoms with Gasteiger partial charge in [-0.15, -0.1) is 0 Å². The van der Waals surface area contributed by atoms with Crippen LogP contribution < -0.4 is 26.5 Å². The third-order valence-corrected chi connectivity index (χ3v) is 4.29. The first kappa shape index (κ1) is 22.7. The summed E-state index contributed by atoms with van der Waals surface area (Å²) in [4.78, 5) is 48.8. The van der Waals surface area contributed by atoms with E-state index in [0.717, 1.165) is 9.13 Å². The Morgan fingerprint density at radius 2 is 1.77 bits per heavy atom. The van der Waals surface area contributed by atoms with Crippen LogP contribution in [0.15, 0.2) is 27.8 Å². The third-order valence-electron chi connectivity index (χ3n) is 4.29. The first-order valence-corrected chi connectivity index (χ1v) is 9.15. The Bertz CT molecular complexity index is 1080. The number of hydrogen-bond donors (Lipinski definition) is 1. The number of nitrogen functional groups attached to an aromatic ring is 1. The molecule has 2 rings (SSSR count). The minimum atomic E-state index is -0.857. The molecule has 1 aromatic heterocycles. The fourth-order valence-corrected chi connectivity index (χ4v) is 2.58. The maximum Gasteiger partial charge on any atom is 0.338 e. The molecule has 1 heterocycles. The highest BCUT2D eigenvalue weighted by atomic mass is 16.5. The summed E-state index contributed by atoms with van der Waals surface area (Å²) in [5.41, 5.74) is 3.93.